The fraction of sp³-hybridized carbons (Fsp3) is 1.00. The Bertz CT molecular complexity index is 209. The molecule has 2 saturated heterocycles. The molecule has 1 nitrogen and oxygen atoms in total. The maximum atomic E-state index is 2.81. The predicted molar refractivity (Wildman–Crippen MR) is 50.0 cm³/mol. The van der Waals surface area contributed by atoms with Gasteiger partial charge in [-0.2, -0.15) is 0 Å². The molecule has 2 aliphatic heterocycles. The normalized spacial score (nSPS) is 50.0. The molecule has 0 aromatic rings. The van der Waals surface area contributed by atoms with Crippen molar-refractivity contribution in [2.24, 2.45) is 11.3 Å². The zero-order chi connectivity index (χ0) is 8.34. The third-order valence-electron chi connectivity index (χ3n) is 4.53. The summed E-state index contributed by atoms with van der Waals surface area (Å²) >= 11 is 0. The monoisotopic (exact) mass is 165 g/mol. The molecule has 0 radical (unpaired) electrons. The van der Waals surface area contributed by atoms with Gasteiger partial charge >= 0.3 is 0 Å². The molecule has 3 fully saturated rings. The summed E-state index contributed by atoms with van der Waals surface area (Å²) < 4.78 is 0. The average molecular weight is 165 g/mol. The van der Waals surface area contributed by atoms with Crippen molar-refractivity contribution in [1.29, 1.82) is 0 Å². The number of hydrogen-bond acceptors (Lipinski definition) is 1. The van der Waals surface area contributed by atoms with Crippen LogP contribution in [0.3, 0.4) is 0 Å². The number of piperidine rings is 1. The van der Waals surface area contributed by atoms with Gasteiger partial charge in [0.15, 0.2) is 0 Å². The van der Waals surface area contributed by atoms with Gasteiger partial charge < -0.3 is 0 Å². The second-order valence-corrected chi connectivity index (χ2v) is 5.65. The first-order valence-electron chi connectivity index (χ1n) is 5.44. The number of nitrogens with zero attached hydrogens (tertiary/aromatic N) is 1. The Morgan fingerprint density at radius 3 is 2.83 bits per heavy atom. The van der Waals surface area contributed by atoms with Crippen LogP contribution in [0.1, 0.15) is 39.5 Å². The molecule has 1 saturated carbocycles. The fourth-order valence-corrected chi connectivity index (χ4v) is 4.05. The minimum absolute atomic E-state index is 0.625. The summed E-state index contributed by atoms with van der Waals surface area (Å²) in [4.78, 5) is 2.81. The van der Waals surface area contributed by atoms with Gasteiger partial charge in [0.2, 0.25) is 0 Å². The molecule has 0 amide bonds. The summed E-state index contributed by atoms with van der Waals surface area (Å²) in [6.07, 6.45) is 5.98. The van der Waals surface area contributed by atoms with E-state index in [0.29, 0.717) is 5.41 Å². The SMILES string of the molecule is CC1(C)CCN2C3CCC(C3)C21. The molecule has 0 spiro atoms. The lowest BCUT2D eigenvalue weighted by Gasteiger charge is -2.35. The van der Waals surface area contributed by atoms with Crippen LogP contribution < -0.4 is 0 Å². The molecule has 0 aromatic carbocycles. The van der Waals surface area contributed by atoms with Crippen LogP contribution >= 0.6 is 0 Å². The molecule has 1 aliphatic carbocycles. The summed E-state index contributed by atoms with van der Waals surface area (Å²) in [6, 6.07) is 1.94. The van der Waals surface area contributed by atoms with Crippen LogP contribution in [0.25, 0.3) is 0 Å². The largest absolute Gasteiger partial charge is 0.297 e. The fourth-order valence-electron chi connectivity index (χ4n) is 4.05. The van der Waals surface area contributed by atoms with Crippen LogP contribution in [0.15, 0.2) is 0 Å². The zero-order valence-corrected chi connectivity index (χ0v) is 8.21. The van der Waals surface area contributed by atoms with Crippen molar-refractivity contribution in [3.8, 4) is 0 Å². The highest BCUT2D eigenvalue weighted by atomic mass is 15.3. The van der Waals surface area contributed by atoms with Gasteiger partial charge in [-0.15, -0.1) is 0 Å². The maximum Gasteiger partial charge on any atom is 0.0179 e. The third-order valence-corrected chi connectivity index (χ3v) is 4.53. The molecule has 3 rings (SSSR count). The van der Waals surface area contributed by atoms with Crippen LogP contribution in [-0.2, 0) is 0 Å². The van der Waals surface area contributed by atoms with E-state index in [1.807, 2.05) is 0 Å². The van der Waals surface area contributed by atoms with Gasteiger partial charge in [-0.05, 0) is 43.6 Å². The molecule has 3 atom stereocenters. The molecule has 3 aliphatic rings. The first-order valence-corrected chi connectivity index (χ1v) is 5.44. The van der Waals surface area contributed by atoms with E-state index in [2.05, 4.69) is 18.7 Å². The van der Waals surface area contributed by atoms with E-state index in [1.54, 1.807) is 0 Å². The molecule has 68 valence electrons. The van der Waals surface area contributed by atoms with Crippen LogP contribution in [0.2, 0.25) is 0 Å². The van der Waals surface area contributed by atoms with Gasteiger partial charge in [-0.3, -0.25) is 4.90 Å². The van der Waals surface area contributed by atoms with E-state index in [0.717, 1.165) is 18.0 Å². The molecular weight excluding hydrogens is 146 g/mol. The Morgan fingerprint density at radius 1 is 1.25 bits per heavy atom. The van der Waals surface area contributed by atoms with Crippen LogP contribution in [0.4, 0.5) is 0 Å². The molecule has 12 heavy (non-hydrogen) atoms. The highest BCUT2D eigenvalue weighted by Gasteiger charge is 2.54. The second kappa shape index (κ2) is 2.06. The molecule has 3 unspecified atom stereocenters. The van der Waals surface area contributed by atoms with Gasteiger partial charge in [0, 0.05) is 12.1 Å². The van der Waals surface area contributed by atoms with Crippen LogP contribution in [-0.4, -0.2) is 23.5 Å². The first-order chi connectivity index (χ1) is 5.68. The van der Waals surface area contributed by atoms with Crippen molar-refractivity contribution in [3.05, 3.63) is 0 Å². The maximum absolute atomic E-state index is 2.81. The number of hydrogen-bond donors (Lipinski definition) is 0. The van der Waals surface area contributed by atoms with E-state index < -0.39 is 0 Å². The number of fused-ring (bicyclic) bond motifs is 5. The summed E-state index contributed by atoms with van der Waals surface area (Å²) in [5.41, 5.74) is 0.625. The van der Waals surface area contributed by atoms with E-state index in [9.17, 15) is 0 Å². The van der Waals surface area contributed by atoms with Gasteiger partial charge in [0.05, 0.1) is 0 Å². The summed E-state index contributed by atoms with van der Waals surface area (Å²) in [7, 11) is 0. The Balaban J connectivity index is 1.95. The van der Waals surface area contributed by atoms with Crippen molar-refractivity contribution in [1.82, 2.24) is 4.90 Å². The zero-order valence-electron chi connectivity index (χ0n) is 8.21. The summed E-state index contributed by atoms with van der Waals surface area (Å²) in [5.74, 6) is 1.06. The Labute approximate surface area is 75.1 Å². The van der Waals surface area contributed by atoms with Crippen LogP contribution in [0, 0.1) is 11.3 Å². The van der Waals surface area contributed by atoms with Crippen molar-refractivity contribution >= 4 is 0 Å². The molecule has 0 N–H and O–H groups in total. The molecule has 2 heterocycles. The molecule has 1 heteroatoms. The minimum atomic E-state index is 0.625. The Morgan fingerprint density at radius 2 is 2.08 bits per heavy atom. The van der Waals surface area contributed by atoms with E-state index in [-0.39, 0.29) is 0 Å². The molecular formula is C11H19N. The standard InChI is InChI=1S/C11H19N/c1-11(2)5-6-12-9-4-3-8(7-9)10(11)12/h8-10H,3-7H2,1-2H3. The van der Waals surface area contributed by atoms with Crippen molar-refractivity contribution in [2.45, 2.75) is 51.6 Å². The lowest BCUT2D eigenvalue weighted by Crippen LogP contribution is -2.41. The quantitative estimate of drug-likeness (QED) is 0.532. The summed E-state index contributed by atoms with van der Waals surface area (Å²) in [6.45, 7) is 6.33. The number of rotatable bonds is 0. The first kappa shape index (κ1) is 7.37. The molecule has 2 bridgehead atoms. The Hall–Kier alpha value is -0.0400. The van der Waals surface area contributed by atoms with Gasteiger partial charge in [0.25, 0.3) is 0 Å². The predicted octanol–water partition coefficient (Wildman–Crippen LogP) is 2.27. The second-order valence-electron chi connectivity index (χ2n) is 5.65. The van der Waals surface area contributed by atoms with E-state index >= 15 is 0 Å². The van der Waals surface area contributed by atoms with E-state index in [4.69, 9.17) is 0 Å². The van der Waals surface area contributed by atoms with Gasteiger partial charge in [0.1, 0.15) is 0 Å². The van der Waals surface area contributed by atoms with Crippen LogP contribution in [0.5, 0.6) is 0 Å². The minimum Gasteiger partial charge on any atom is -0.297 e. The highest BCUT2D eigenvalue weighted by Crippen LogP contribution is 2.53. The molecule has 0 aromatic heterocycles. The lowest BCUT2D eigenvalue weighted by molar-refractivity contribution is 0.128. The lowest BCUT2D eigenvalue weighted by atomic mass is 9.78. The topological polar surface area (TPSA) is 3.24 Å². The summed E-state index contributed by atoms with van der Waals surface area (Å²) in [5, 5.41) is 0. The van der Waals surface area contributed by atoms with Crippen molar-refractivity contribution < 1.29 is 0 Å². The smallest absolute Gasteiger partial charge is 0.0179 e. The average Bonchev–Trinajstić information content (AvgIpc) is 2.61. The third kappa shape index (κ3) is 0.736. The van der Waals surface area contributed by atoms with Gasteiger partial charge in [-0.1, -0.05) is 13.8 Å². The highest BCUT2D eigenvalue weighted by molar-refractivity contribution is 5.08. The Kier molecular flexibility index (Phi) is 1.27. The van der Waals surface area contributed by atoms with Crippen molar-refractivity contribution in [3.63, 3.8) is 0 Å². The van der Waals surface area contributed by atoms with Crippen molar-refractivity contribution in [2.75, 3.05) is 6.54 Å². The van der Waals surface area contributed by atoms with E-state index in [1.165, 1.54) is 32.2 Å². The van der Waals surface area contributed by atoms with Gasteiger partial charge in [-0.25, -0.2) is 0 Å².